The first-order chi connectivity index (χ1) is 14.2. The number of hydrogen-bond acceptors (Lipinski definition) is 3. The van der Waals surface area contributed by atoms with Crippen LogP contribution >= 0.6 is 11.6 Å². The van der Waals surface area contributed by atoms with Gasteiger partial charge in [0, 0.05) is 36.4 Å². The lowest BCUT2D eigenvalue weighted by Crippen LogP contribution is -2.32. The summed E-state index contributed by atoms with van der Waals surface area (Å²) in [6.45, 7) is 0.0406. The minimum atomic E-state index is -4.45. The Balaban J connectivity index is 1.87. The van der Waals surface area contributed by atoms with Crippen LogP contribution in [0.4, 0.5) is 13.2 Å². The molecule has 0 saturated carbocycles. The maximum Gasteiger partial charge on any atom is 0.416 e. The molecule has 9 heteroatoms. The molecule has 3 aromatic rings. The quantitative estimate of drug-likeness (QED) is 0.494. The first-order valence-electron chi connectivity index (χ1n) is 8.98. The van der Waals surface area contributed by atoms with E-state index in [1.807, 2.05) is 0 Å². The predicted molar refractivity (Wildman–Crippen MR) is 108 cm³/mol. The number of pyridine rings is 1. The average Bonchev–Trinajstić information content (AvgIpc) is 2.72. The van der Waals surface area contributed by atoms with Crippen LogP contribution < -0.4 is 0 Å². The van der Waals surface area contributed by atoms with Crippen LogP contribution in [-0.2, 0) is 29.2 Å². The molecule has 0 fully saturated rings. The first kappa shape index (κ1) is 22.3. The highest BCUT2D eigenvalue weighted by Gasteiger charge is 2.30. The Bertz CT molecular complexity index is 1070. The van der Waals surface area contributed by atoms with Crippen LogP contribution in [0.5, 0.6) is 0 Å². The third-order valence-corrected chi connectivity index (χ3v) is 6.55. The van der Waals surface area contributed by atoms with E-state index in [2.05, 4.69) is 4.98 Å². The Morgan fingerprint density at radius 3 is 2.17 bits per heavy atom. The minimum Gasteiger partial charge on any atom is -0.261 e. The number of aromatic nitrogens is 1. The number of hydrogen-bond donors (Lipinski definition) is 0. The average molecular weight is 455 g/mol. The lowest BCUT2D eigenvalue weighted by molar-refractivity contribution is -0.137. The minimum absolute atomic E-state index is 0.0554. The van der Waals surface area contributed by atoms with Gasteiger partial charge in [-0.1, -0.05) is 29.8 Å². The molecular formula is C21H18ClF3N2O2S. The van der Waals surface area contributed by atoms with Crippen molar-refractivity contribution in [2.24, 2.45) is 0 Å². The van der Waals surface area contributed by atoms with E-state index in [0.29, 0.717) is 22.7 Å². The Morgan fingerprint density at radius 2 is 1.60 bits per heavy atom. The third-order valence-electron chi connectivity index (χ3n) is 4.44. The molecule has 4 nitrogen and oxygen atoms in total. The van der Waals surface area contributed by atoms with Gasteiger partial charge in [-0.25, -0.2) is 8.42 Å². The summed E-state index contributed by atoms with van der Waals surface area (Å²) in [5.74, 6) is 0. The largest absolute Gasteiger partial charge is 0.416 e. The van der Waals surface area contributed by atoms with Gasteiger partial charge in [-0.3, -0.25) is 4.98 Å². The maximum atomic E-state index is 13.2. The first-order valence-corrected chi connectivity index (χ1v) is 10.8. The summed E-state index contributed by atoms with van der Waals surface area (Å²) in [4.78, 5) is 4.25. The topological polar surface area (TPSA) is 50.3 Å². The lowest BCUT2D eigenvalue weighted by Gasteiger charge is -2.22. The van der Waals surface area contributed by atoms with Gasteiger partial charge in [0.1, 0.15) is 0 Å². The standard InChI is InChI=1S/C21H18ClF3N2O2S/c22-18-8-10-20(11-9-18)30(28,29)27(14-12-19-3-1-2-13-26-19)15-16-4-6-17(7-5-16)21(23,24)25/h1-11,13H,12,14-15H2. The molecule has 0 N–H and O–H groups in total. The molecule has 0 unspecified atom stereocenters. The van der Waals surface area contributed by atoms with E-state index < -0.39 is 21.8 Å². The smallest absolute Gasteiger partial charge is 0.261 e. The van der Waals surface area contributed by atoms with Gasteiger partial charge in [-0.15, -0.1) is 0 Å². The van der Waals surface area contributed by atoms with Gasteiger partial charge in [0.05, 0.1) is 10.5 Å². The van der Waals surface area contributed by atoms with Crippen LogP contribution in [-0.4, -0.2) is 24.3 Å². The van der Waals surface area contributed by atoms with Gasteiger partial charge >= 0.3 is 6.18 Å². The highest BCUT2D eigenvalue weighted by atomic mass is 35.5. The molecule has 158 valence electrons. The fraction of sp³-hybridized carbons (Fsp3) is 0.190. The number of alkyl halides is 3. The maximum absolute atomic E-state index is 13.2. The molecular weight excluding hydrogens is 437 g/mol. The molecule has 1 aromatic heterocycles. The van der Waals surface area contributed by atoms with E-state index in [-0.39, 0.29) is 18.0 Å². The molecule has 30 heavy (non-hydrogen) atoms. The van der Waals surface area contributed by atoms with E-state index in [1.54, 1.807) is 24.4 Å². The molecule has 0 aliphatic heterocycles. The van der Waals surface area contributed by atoms with Gasteiger partial charge in [-0.2, -0.15) is 17.5 Å². The summed E-state index contributed by atoms with van der Waals surface area (Å²) in [5.41, 5.74) is 0.370. The van der Waals surface area contributed by atoms with E-state index in [1.165, 1.54) is 40.7 Å². The third kappa shape index (κ3) is 5.59. The summed E-state index contributed by atoms with van der Waals surface area (Å²) < 4.78 is 66.0. The van der Waals surface area contributed by atoms with Crippen molar-refractivity contribution in [3.63, 3.8) is 0 Å². The SMILES string of the molecule is O=S(=O)(c1ccc(Cl)cc1)N(CCc1ccccn1)Cc1ccc(C(F)(F)F)cc1. The second-order valence-corrected chi connectivity index (χ2v) is 8.93. The normalized spacial score (nSPS) is 12.3. The summed E-state index contributed by atoms with van der Waals surface area (Å²) in [7, 11) is -3.90. The zero-order chi connectivity index (χ0) is 21.8. The molecule has 3 rings (SSSR count). The van der Waals surface area contributed by atoms with Crippen LogP contribution in [0, 0.1) is 0 Å². The van der Waals surface area contributed by atoms with E-state index in [0.717, 1.165) is 12.1 Å². The summed E-state index contributed by atoms with van der Waals surface area (Å²) in [6.07, 6.45) is -2.48. The highest BCUT2D eigenvalue weighted by molar-refractivity contribution is 7.89. The molecule has 2 aromatic carbocycles. The molecule has 0 atom stereocenters. The zero-order valence-corrected chi connectivity index (χ0v) is 17.3. The van der Waals surface area contributed by atoms with Gasteiger partial charge in [0.2, 0.25) is 10.0 Å². The van der Waals surface area contributed by atoms with Gasteiger partial charge in [0.25, 0.3) is 0 Å². The Kier molecular flexibility index (Phi) is 6.80. The number of sulfonamides is 1. The van der Waals surface area contributed by atoms with Gasteiger partial charge < -0.3 is 0 Å². The Morgan fingerprint density at radius 1 is 0.933 bits per heavy atom. The van der Waals surface area contributed by atoms with Gasteiger partial charge in [-0.05, 0) is 54.1 Å². The van der Waals surface area contributed by atoms with Crippen LogP contribution in [0.25, 0.3) is 0 Å². The number of halogens is 4. The van der Waals surface area contributed by atoms with Crippen molar-refractivity contribution in [2.75, 3.05) is 6.54 Å². The summed E-state index contributed by atoms with van der Waals surface area (Å²) in [5, 5.41) is 0.400. The molecule has 1 heterocycles. The van der Waals surface area contributed by atoms with Crippen molar-refractivity contribution < 1.29 is 21.6 Å². The van der Waals surface area contributed by atoms with Crippen molar-refractivity contribution in [2.45, 2.75) is 24.0 Å². The van der Waals surface area contributed by atoms with Crippen LogP contribution in [0.3, 0.4) is 0 Å². The van der Waals surface area contributed by atoms with Crippen LogP contribution in [0.1, 0.15) is 16.8 Å². The Hall–Kier alpha value is -2.42. The summed E-state index contributed by atoms with van der Waals surface area (Å²) in [6, 6.07) is 15.6. The second kappa shape index (κ2) is 9.16. The molecule has 0 radical (unpaired) electrons. The molecule has 0 amide bonds. The Labute approximate surface area is 178 Å². The van der Waals surface area contributed by atoms with Crippen molar-refractivity contribution >= 4 is 21.6 Å². The van der Waals surface area contributed by atoms with Crippen LogP contribution in [0.2, 0.25) is 5.02 Å². The second-order valence-electron chi connectivity index (χ2n) is 6.56. The summed E-state index contributed by atoms with van der Waals surface area (Å²) >= 11 is 5.86. The predicted octanol–water partition coefficient (Wildman–Crippen LogP) is 5.19. The van der Waals surface area contributed by atoms with Crippen molar-refractivity contribution in [1.82, 2.24) is 9.29 Å². The van der Waals surface area contributed by atoms with Gasteiger partial charge in [0.15, 0.2) is 0 Å². The lowest BCUT2D eigenvalue weighted by atomic mass is 10.1. The fourth-order valence-electron chi connectivity index (χ4n) is 2.83. The van der Waals surface area contributed by atoms with Crippen molar-refractivity contribution in [1.29, 1.82) is 0 Å². The van der Waals surface area contributed by atoms with E-state index >= 15 is 0 Å². The van der Waals surface area contributed by atoms with Crippen LogP contribution in [0.15, 0.2) is 77.8 Å². The zero-order valence-electron chi connectivity index (χ0n) is 15.7. The van der Waals surface area contributed by atoms with E-state index in [4.69, 9.17) is 11.6 Å². The highest BCUT2D eigenvalue weighted by Crippen LogP contribution is 2.29. The van der Waals surface area contributed by atoms with Crippen molar-refractivity contribution in [3.8, 4) is 0 Å². The van der Waals surface area contributed by atoms with E-state index in [9.17, 15) is 21.6 Å². The molecule has 0 aliphatic rings. The number of benzene rings is 2. The molecule has 0 spiro atoms. The number of nitrogens with zero attached hydrogens (tertiary/aromatic N) is 2. The number of rotatable bonds is 7. The molecule has 0 saturated heterocycles. The monoisotopic (exact) mass is 454 g/mol. The molecule has 0 bridgehead atoms. The fourth-order valence-corrected chi connectivity index (χ4v) is 4.38. The molecule has 0 aliphatic carbocycles. The van der Waals surface area contributed by atoms with Crippen molar-refractivity contribution in [3.05, 3.63) is 94.8 Å².